The van der Waals surface area contributed by atoms with E-state index in [1.165, 1.54) is 20.9 Å². The number of fused-ring (bicyclic) bond motifs is 2. The molecule has 3 rings (SSSR count). The smallest absolute Gasteiger partial charge is 0.0397 e. The molecule has 0 saturated heterocycles. The average molecular weight is 355 g/mol. The van der Waals surface area contributed by atoms with Crippen LogP contribution in [0, 0.1) is 0 Å². The summed E-state index contributed by atoms with van der Waals surface area (Å²) in [5, 5.41) is 0. The van der Waals surface area contributed by atoms with Crippen molar-refractivity contribution in [1.82, 2.24) is 0 Å². The maximum absolute atomic E-state index is 4.62. The van der Waals surface area contributed by atoms with Gasteiger partial charge in [-0.3, -0.25) is 9.98 Å². The number of thioether (sulfide) groups is 2. The summed E-state index contributed by atoms with van der Waals surface area (Å²) in [6, 6.07) is 17.0. The molecule has 0 aromatic heterocycles. The summed E-state index contributed by atoms with van der Waals surface area (Å²) in [5.41, 5.74) is 2.46. The largest absolute Gasteiger partial charge is 0.292 e. The number of hydrogen-bond donors (Lipinski definition) is 0. The van der Waals surface area contributed by atoms with E-state index >= 15 is 0 Å². The van der Waals surface area contributed by atoms with E-state index in [0.717, 1.165) is 37.4 Å². The van der Waals surface area contributed by atoms with E-state index in [0.29, 0.717) is 0 Å². The Hall–Kier alpha value is -1.52. The highest BCUT2D eigenvalue weighted by Crippen LogP contribution is 2.24. The van der Waals surface area contributed by atoms with Crippen molar-refractivity contribution in [2.45, 2.75) is 22.6 Å². The van der Waals surface area contributed by atoms with Crippen LogP contribution < -0.4 is 0 Å². The van der Waals surface area contributed by atoms with E-state index in [1.807, 2.05) is 36.0 Å². The van der Waals surface area contributed by atoms with E-state index < -0.39 is 0 Å². The molecular weight excluding hydrogens is 332 g/mol. The van der Waals surface area contributed by atoms with Crippen molar-refractivity contribution in [3.63, 3.8) is 0 Å². The van der Waals surface area contributed by atoms with Crippen molar-refractivity contribution >= 4 is 36.0 Å². The Balaban J connectivity index is 1.71. The van der Waals surface area contributed by atoms with Gasteiger partial charge in [0.25, 0.3) is 0 Å². The first kappa shape index (κ1) is 17.3. The van der Waals surface area contributed by atoms with Gasteiger partial charge in [0.15, 0.2) is 0 Å². The third-order valence-corrected chi connectivity index (χ3v) is 6.03. The maximum Gasteiger partial charge on any atom is 0.0397 e. The van der Waals surface area contributed by atoms with Gasteiger partial charge < -0.3 is 0 Å². The predicted octanol–water partition coefficient (Wildman–Crippen LogP) is 5.20. The summed E-state index contributed by atoms with van der Waals surface area (Å²) in [7, 11) is 0. The van der Waals surface area contributed by atoms with Gasteiger partial charge in [0.05, 0.1) is 0 Å². The minimum absolute atomic E-state index is 0.877. The molecule has 0 amide bonds. The monoisotopic (exact) mass is 354 g/mol. The zero-order valence-corrected chi connectivity index (χ0v) is 15.4. The molecular formula is C20H22N2S2. The van der Waals surface area contributed by atoms with Crippen LogP contribution in [0.4, 0.5) is 0 Å². The lowest BCUT2D eigenvalue weighted by Crippen LogP contribution is -1.94. The second-order valence-electron chi connectivity index (χ2n) is 5.55. The average Bonchev–Trinajstić information content (AvgIpc) is 2.62. The van der Waals surface area contributed by atoms with Crippen LogP contribution in [0.15, 0.2) is 68.3 Å². The Labute approximate surface area is 152 Å². The Morgan fingerprint density at radius 3 is 1.58 bits per heavy atom. The lowest BCUT2D eigenvalue weighted by molar-refractivity contribution is 0.943. The third kappa shape index (κ3) is 5.25. The van der Waals surface area contributed by atoms with Crippen molar-refractivity contribution in [2.24, 2.45) is 9.98 Å². The number of benzene rings is 2. The molecule has 2 nitrogen and oxygen atoms in total. The second-order valence-corrected chi connectivity index (χ2v) is 7.82. The zero-order valence-electron chi connectivity index (χ0n) is 13.7. The first-order valence-electron chi connectivity index (χ1n) is 8.37. The Bertz CT molecular complexity index is 649. The van der Waals surface area contributed by atoms with Crippen LogP contribution in [-0.2, 0) is 0 Å². The Kier molecular flexibility index (Phi) is 6.99. The zero-order chi connectivity index (χ0) is 16.5. The fraction of sp³-hybridized carbons (Fsp3) is 0.300. The highest BCUT2D eigenvalue weighted by Gasteiger charge is 2.02. The molecule has 1 heterocycles. The standard InChI is InChI=1S/C20H22N2S2/c1-3-9-19-17(7-1)15-21-11-5-14-24-20-10-4-2-8-18(20)16-22-12-6-13-23-19/h1-4,7-10,15-16H,5-6,11-14H2. The van der Waals surface area contributed by atoms with Gasteiger partial charge in [-0.2, -0.15) is 0 Å². The SMILES string of the molecule is C1=NCCCSc2ccccc2C=NCCCSc2ccccc21. The maximum atomic E-state index is 4.62. The fourth-order valence-electron chi connectivity index (χ4n) is 2.44. The summed E-state index contributed by atoms with van der Waals surface area (Å²) in [5.74, 6) is 2.16. The van der Waals surface area contributed by atoms with Gasteiger partial charge in [0.2, 0.25) is 0 Å². The second kappa shape index (κ2) is 9.70. The number of hydrogen-bond acceptors (Lipinski definition) is 4. The normalized spacial score (nSPS) is 16.3. The third-order valence-electron chi connectivity index (χ3n) is 3.68. The van der Waals surface area contributed by atoms with Gasteiger partial charge in [-0.15, -0.1) is 23.5 Å². The minimum atomic E-state index is 0.877. The van der Waals surface area contributed by atoms with Gasteiger partial charge in [0.1, 0.15) is 0 Å². The molecule has 2 aromatic rings. The van der Waals surface area contributed by atoms with Crippen LogP contribution in [0.5, 0.6) is 0 Å². The van der Waals surface area contributed by atoms with Crippen molar-refractivity contribution in [3.8, 4) is 0 Å². The highest BCUT2D eigenvalue weighted by molar-refractivity contribution is 7.99. The first-order valence-corrected chi connectivity index (χ1v) is 10.3. The van der Waals surface area contributed by atoms with Crippen LogP contribution in [0.25, 0.3) is 0 Å². The Morgan fingerprint density at radius 2 is 1.08 bits per heavy atom. The lowest BCUT2D eigenvalue weighted by Gasteiger charge is -2.07. The summed E-state index contributed by atoms with van der Waals surface area (Å²) in [6.45, 7) is 1.75. The Morgan fingerprint density at radius 1 is 0.625 bits per heavy atom. The molecule has 0 saturated carbocycles. The van der Waals surface area contributed by atoms with Crippen LogP contribution in [-0.4, -0.2) is 37.0 Å². The molecule has 0 fully saturated rings. The first-order chi connectivity index (χ1) is 11.9. The molecule has 124 valence electrons. The predicted molar refractivity (Wildman–Crippen MR) is 108 cm³/mol. The van der Waals surface area contributed by atoms with Crippen LogP contribution in [0.3, 0.4) is 0 Å². The fourth-order valence-corrected chi connectivity index (χ4v) is 4.35. The lowest BCUT2D eigenvalue weighted by atomic mass is 10.2. The summed E-state index contributed by atoms with van der Waals surface area (Å²) in [4.78, 5) is 11.9. The molecule has 0 N–H and O–H groups in total. The van der Waals surface area contributed by atoms with Crippen LogP contribution in [0.1, 0.15) is 24.0 Å². The molecule has 0 radical (unpaired) electrons. The molecule has 0 aliphatic carbocycles. The van der Waals surface area contributed by atoms with E-state index in [-0.39, 0.29) is 0 Å². The minimum Gasteiger partial charge on any atom is -0.292 e. The quantitative estimate of drug-likeness (QED) is 0.649. The van der Waals surface area contributed by atoms with Gasteiger partial charge in [-0.25, -0.2) is 0 Å². The molecule has 0 spiro atoms. The molecule has 1 aliphatic rings. The summed E-state index contributed by atoms with van der Waals surface area (Å²) < 4.78 is 0. The van der Waals surface area contributed by atoms with Gasteiger partial charge in [0, 0.05) is 46.4 Å². The van der Waals surface area contributed by atoms with E-state index in [4.69, 9.17) is 0 Å². The molecule has 4 heteroatoms. The van der Waals surface area contributed by atoms with E-state index in [2.05, 4.69) is 58.5 Å². The van der Waals surface area contributed by atoms with Gasteiger partial charge >= 0.3 is 0 Å². The van der Waals surface area contributed by atoms with E-state index in [1.54, 1.807) is 0 Å². The molecule has 24 heavy (non-hydrogen) atoms. The van der Waals surface area contributed by atoms with Crippen molar-refractivity contribution in [1.29, 1.82) is 0 Å². The van der Waals surface area contributed by atoms with Crippen LogP contribution in [0.2, 0.25) is 0 Å². The van der Waals surface area contributed by atoms with Crippen molar-refractivity contribution in [3.05, 3.63) is 59.7 Å². The molecule has 2 aromatic carbocycles. The molecule has 1 aliphatic heterocycles. The van der Waals surface area contributed by atoms with Crippen molar-refractivity contribution < 1.29 is 0 Å². The van der Waals surface area contributed by atoms with Crippen LogP contribution >= 0.6 is 23.5 Å². The highest BCUT2D eigenvalue weighted by atomic mass is 32.2. The van der Waals surface area contributed by atoms with Gasteiger partial charge in [-0.05, 0) is 36.5 Å². The molecule has 0 unspecified atom stereocenters. The van der Waals surface area contributed by atoms with Gasteiger partial charge in [-0.1, -0.05) is 36.4 Å². The molecule has 0 atom stereocenters. The molecule has 0 bridgehead atoms. The number of nitrogens with zero attached hydrogens (tertiary/aromatic N) is 2. The van der Waals surface area contributed by atoms with Crippen molar-refractivity contribution in [2.75, 3.05) is 24.6 Å². The summed E-state index contributed by atoms with van der Waals surface area (Å²) >= 11 is 3.80. The summed E-state index contributed by atoms with van der Waals surface area (Å²) in [6.07, 6.45) is 6.24. The number of aliphatic imine (C=N–C) groups is 2. The topological polar surface area (TPSA) is 24.7 Å². The number of rotatable bonds is 0. The van der Waals surface area contributed by atoms with E-state index in [9.17, 15) is 0 Å².